The molecule has 0 bridgehead atoms. The molecule has 29 heavy (non-hydrogen) atoms. The number of carbonyl (C=O) groups excluding carboxylic acids is 3. The highest BCUT2D eigenvalue weighted by Crippen LogP contribution is 2.24. The molecule has 0 aliphatic carbocycles. The standard InChI is InChI=1S/C22H25N3O4/c26-20-9-3-11-25(20)18-7-1-6-17(13-18)22(28)24-10-2-5-16(15-24)14-23-21(27)19-8-4-12-29-19/h1,4,6-8,12-13,16H,2-3,5,9-11,14-15H2,(H,23,27). The van der Waals surface area contributed by atoms with Crippen LogP contribution in [0.25, 0.3) is 0 Å². The number of nitrogens with zero attached hydrogens (tertiary/aromatic N) is 2. The van der Waals surface area contributed by atoms with E-state index in [2.05, 4.69) is 5.32 Å². The molecule has 0 radical (unpaired) electrons. The fourth-order valence-electron chi connectivity index (χ4n) is 4.06. The number of benzene rings is 1. The zero-order chi connectivity index (χ0) is 20.2. The van der Waals surface area contributed by atoms with Gasteiger partial charge in [0, 0.05) is 43.9 Å². The molecule has 1 N–H and O–H groups in total. The summed E-state index contributed by atoms with van der Waals surface area (Å²) in [5.41, 5.74) is 1.39. The number of piperidine rings is 1. The van der Waals surface area contributed by atoms with Crippen LogP contribution in [0.5, 0.6) is 0 Å². The zero-order valence-corrected chi connectivity index (χ0v) is 16.3. The first-order valence-corrected chi connectivity index (χ1v) is 10.1. The predicted molar refractivity (Wildman–Crippen MR) is 108 cm³/mol. The van der Waals surface area contributed by atoms with Gasteiger partial charge in [0.2, 0.25) is 5.91 Å². The Morgan fingerprint density at radius 2 is 2.03 bits per heavy atom. The van der Waals surface area contributed by atoms with Gasteiger partial charge in [-0.15, -0.1) is 0 Å². The quantitative estimate of drug-likeness (QED) is 0.844. The summed E-state index contributed by atoms with van der Waals surface area (Å²) in [4.78, 5) is 40.7. The Hall–Kier alpha value is -3.09. The van der Waals surface area contributed by atoms with Crippen molar-refractivity contribution >= 4 is 23.4 Å². The van der Waals surface area contributed by atoms with Gasteiger partial charge in [0.05, 0.1) is 6.26 Å². The first-order chi connectivity index (χ1) is 14.1. The molecule has 2 aliphatic rings. The number of likely N-dealkylation sites (tertiary alicyclic amines) is 1. The van der Waals surface area contributed by atoms with Gasteiger partial charge < -0.3 is 19.5 Å². The fraction of sp³-hybridized carbons (Fsp3) is 0.409. The summed E-state index contributed by atoms with van der Waals surface area (Å²) >= 11 is 0. The Morgan fingerprint density at radius 1 is 1.14 bits per heavy atom. The molecule has 4 rings (SSSR count). The topological polar surface area (TPSA) is 82.9 Å². The van der Waals surface area contributed by atoms with Crippen LogP contribution in [-0.2, 0) is 4.79 Å². The van der Waals surface area contributed by atoms with Gasteiger partial charge in [-0.3, -0.25) is 14.4 Å². The molecule has 1 unspecified atom stereocenters. The lowest BCUT2D eigenvalue weighted by molar-refractivity contribution is -0.117. The maximum absolute atomic E-state index is 13.0. The molecule has 152 valence electrons. The maximum atomic E-state index is 13.0. The Balaban J connectivity index is 1.37. The van der Waals surface area contributed by atoms with Crippen molar-refractivity contribution in [3.63, 3.8) is 0 Å². The molecule has 2 saturated heterocycles. The van der Waals surface area contributed by atoms with Gasteiger partial charge in [-0.25, -0.2) is 0 Å². The van der Waals surface area contributed by atoms with Crippen LogP contribution in [0.3, 0.4) is 0 Å². The van der Waals surface area contributed by atoms with Crippen LogP contribution in [0.4, 0.5) is 5.69 Å². The normalized spacial score (nSPS) is 19.4. The van der Waals surface area contributed by atoms with Crippen molar-refractivity contribution in [3.8, 4) is 0 Å². The van der Waals surface area contributed by atoms with Crippen LogP contribution in [0, 0.1) is 5.92 Å². The molecule has 3 amide bonds. The first-order valence-electron chi connectivity index (χ1n) is 10.1. The van der Waals surface area contributed by atoms with E-state index in [0.717, 1.165) is 24.9 Å². The maximum Gasteiger partial charge on any atom is 0.286 e. The van der Waals surface area contributed by atoms with Crippen LogP contribution in [0.1, 0.15) is 46.6 Å². The number of amides is 3. The molecule has 1 atom stereocenters. The molecule has 7 heteroatoms. The highest BCUT2D eigenvalue weighted by atomic mass is 16.3. The molecule has 2 fully saturated rings. The van der Waals surface area contributed by atoms with Crippen molar-refractivity contribution < 1.29 is 18.8 Å². The Morgan fingerprint density at radius 3 is 2.79 bits per heavy atom. The molecule has 2 aromatic rings. The number of nitrogens with one attached hydrogen (secondary N) is 1. The SMILES string of the molecule is O=C(NCC1CCCN(C(=O)c2cccc(N3CCCC3=O)c2)C1)c1ccco1. The monoisotopic (exact) mass is 395 g/mol. The second-order valence-corrected chi connectivity index (χ2v) is 7.65. The van der Waals surface area contributed by atoms with Crippen LogP contribution in [0.2, 0.25) is 0 Å². The molecular formula is C22H25N3O4. The molecule has 0 spiro atoms. The lowest BCUT2D eigenvalue weighted by Gasteiger charge is -2.33. The van der Waals surface area contributed by atoms with Gasteiger partial charge in [-0.2, -0.15) is 0 Å². The Bertz CT molecular complexity index is 893. The molecule has 1 aromatic carbocycles. The third kappa shape index (κ3) is 4.34. The van der Waals surface area contributed by atoms with Crippen LogP contribution in [-0.4, -0.2) is 48.8 Å². The smallest absolute Gasteiger partial charge is 0.286 e. The first kappa shape index (κ1) is 19.2. The molecule has 3 heterocycles. The van der Waals surface area contributed by atoms with Gasteiger partial charge in [-0.05, 0) is 55.5 Å². The fourth-order valence-corrected chi connectivity index (χ4v) is 4.06. The van der Waals surface area contributed by atoms with E-state index in [1.54, 1.807) is 23.1 Å². The second-order valence-electron chi connectivity index (χ2n) is 7.65. The summed E-state index contributed by atoms with van der Waals surface area (Å²) < 4.78 is 5.11. The average molecular weight is 395 g/mol. The number of hydrogen-bond acceptors (Lipinski definition) is 4. The summed E-state index contributed by atoms with van der Waals surface area (Å²) in [5.74, 6) is 0.346. The van der Waals surface area contributed by atoms with E-state index in [1.165, 1.54) is 6.26 Å². The average Bonchev–Trinajstić information content (AvgIpc) is 3.44. The largest absolute Gasteiger partial charge is 0.459 e. The van der Waals surface area contributed by atoms with E-state index in [-0.39, 0.29) is 23.6 Å². The van der Waals surface area contributed by atoms with Crippen LogP contribution < -0.4 is 10.2 Å². The summed E-state index contributed by atoms with van der Waals surface area (Å²) in [7, 11) is 0. The van der Waals surface area contributed by atoms with E-state index in [1.807, 2.05) is 23.1 Å². The second kappa shape index (κ2) is 8.51. The van der Waals surface area contributed by atoms with E-state index in [4.69, 9.17) is 4.42 Å². The summed E-state index contributed by atoms with van der Waals surface area (Å²) in [6, 6.07) is 10.6. The lowest BCUT2D eigenvalue weighted by Crippen LogP contribution is -2.43. The van der Waals surface area contributed by atoms with Crippen molar-refractivity contribution in [1.82, 2.24) is 10.2 Å². The number of carbonyl (C=O) groups is 3. The van der Waals surface area contributed by atoms with E-state index in [9.17, 15) is 14.4 Å². The molecule has 7 nitrogen and oxygen atoms in total. The van der Waals surface area contributed by atoms with E-state index >= 15 is 0 Å². The van der Waals surface area contributed by atoms with Crippen molar-refractivity contribution in [2.45, 2.75) is 25.7 Å². The third-order valence-electron chi connectivity index (χ3n) is 5.58. The van der Waals surface area contributed by atoms with Gasteiger partial charge in [0.15, 0.2) is 5.76 Å². The van der Waals surface area contributed by atoms with Crippen molar-refractivity contribution in [2.75, 3.05) is 31.1 Å². The molecule has 0 saturated carbocycles. The minimum absolute atomic E-state index is 0.0273. The minimum Gasteiger partial charge on any atom is -0.459 e. The van der Waals surface area contributed by atoms with E-state index in [0.29, 0.717) is 43.9 Å². The van der Waals surface area contributed by atoms with Gasteiger partial charge in [0.25, 0.3) is 11.8 Å². The number of furan rings is 1. The zero-order valence-electron chi connectivity index (χ0n) is 16.3. The number of rotatable bonds is 5. The molecule has 1 aromatic heterocycles. The van der Waals surface area contributed by atoms with Crippen LogP contribution >= 0.6 is 0 Å². The third-order valence-corrected chi connectivity index (χ3v) is 5.58. The Labute approximate surface area is 169 Å². The minimum atomic E-state index is -0.235. The summed E-state index contributed by atoms with van der Waals surface area (Å²) in [6.45, 7) is 2.52. The summed E-state index contributed by atoms with van der Waals surface area (Å²) in [5, 5.41) is 2.89. The lowest BCUT2D eigenvalue weighted by atomic mass is 9.97. The van der Waals surface area contributed by atoms with Gasteiger partial charge in [-0.1, -0.05) is 6.07 Å². The predicted octanol–water partition coefficient (Wildman–Crippen LogP) is 2.69. The van der Waals surface area contributed by atoms with Gasteiger partial charge >= 0.3 is 0 Å². The highest BCUT2D eigenvalue weighted by molar-refractivity contribution is 5.99. The van der Waals surface area contributed by atoms with Crippen molar-refractivity contribution in [1.29, 1.82) is 0 Å². The number of anilines is 1. The molecular weight excluding hydrogens is 370 g/mol. The van der Waals surface area contributed by atoms with Crippen LogP contribution in [0.15, 0.2) is 47.1 Å². The molecule has 2 aliphatic heterocycles. The summed E-state index contributed by atoms with van der Waals surface area (Å²) in [6.07, 6.45) is 4.76. The van der Waals surface area contributed by atoms with Gasteiger partial charge in [0.1, 0.15) is 0 Å². The number of hydrogen-bond donors (Lipinski definition) is 1. The van der Waals surface area contributed by atoms with E-state index < -0.39 is 0 Å². The Kier molecular flexibility index (Phi) is 5.64. The van der Waals surface area contributed by atoms with Crippen molar-refractivity contribution in [3.05, 3.63) is 54.0 Å². The highest BCUT2D eigenvalue weighted by Gasteiger charge is 2.27. The van der Waals surface area contributed by atoms with Crippen molar-refractivity contribution in [2.24, 2.45) is 5.92 Å².